The molecule has 0 spiro atoms. The van der Waals surface area contributed by atoms with Crippen molar-refractivity contribution in [2.24, 2.45) is 0 Å². The van der Waals surface area contributed by atoms with Crippen LogP contribution in [0.3, 0.4) is 0 Å². The standard InChI is InChI=1S/C14H18N4/c1-18-8-6-12(7-9-18)16-14-13-5-3-2-4-11(13)10-15-17-14/h2-5,10,12H,6-9H2,1H3,(H,16,17). The van der Waals surface area contributed by atoms with Gasteiger partial charge < -0.3 is 10.2 Å². The summed E-state index contributed by atoms with van der Waals surface area (Å²) in [5, 5.41) is 14.2. The fourth-order valence-corrected chi connectivity index (χ4v) is 2.48. The highest BCUT2D eigenvalue weighted by Crippen LogP contribution is 2.22. The Balaban J connectivity index is 1.82. The van der Waals surface area contributed by atoms with Crippen LogP contribution in [0.25, 0.3) is 10.8 Å². The van der Waals surface area contributed by atoms with Crippen LogP contribution in [0.1, 0.15) is 12.8 Å². The molecule has 1 aliphatic rings. The second-order valence-corrected chi connectivity index (χ2v) is 5.00. The minimum Gasteiger partial charge on any atom is -0.365 e. The van der Waals surface area contributed by atoms with Gasteiger partial charge in [-0.1, -0.05) is 24.3 Å². The van der Waals surface area contributed by atoms with Gasteiger partial charge in [0.05, 0.1) is 6.20 Å². The van der Waals surface area contributed by atoms with Gasteiger partial charge in [-0.2, -0.15) is 5.10 Å². The first-order chi connectivity index (χ1) is 8.83. The molecular formula is C14H18N4. The van der Waals surface area contributed by atoms with E-state index in [2.05, 4.69) is 39.6 Å². The molecule has 1 fully saturated rings. The Hall–Kier alpha value is -1.68. The van der Waals surface area contributed by atoms with Crippen LogP contribution >= 0.6 is 0 Å². The van der Waals surface area contributed by atoms with E-state index in [9.17, 15) is 0 Å². The maximum atomic E-state index is 4.25. The Morgan fingerprint density at radius 3 is 2.83 bits per heavy atom. The van der Waals surface area contributed by atoms with E-state index in [0.717, 1.165) is 29.7 Å². The molecule has 1 N–H and O–H groups in total. The van der Waals surface area contributed by atoms with Crippen LogP contribution in [-0.2, 0) is 0 Å². The fraction of sp³-hybridized carbons (Fsp3) is 0.429. The summed E-state index contributed by atoms with van der Waals surface area (Å²) in [6, 6.07) is 8.76. The first-order valence-corrected chi connectivity index (χ1v) is 6.48. The van der Waals surface area contributed by atoms with Gasteiger partial charge in [0.2, 0.25) is 0 Å². The number of benzene rings is 1. The van der Waals surface area contributed by atoms with Crippen LogP contribution in [0.2, 0.25) is 0 Å². The maximum absolute atomic E-state index is 4.25. The van der Waals surface area contributed by atoms with E-state index in [1.54, 1.807) is 0 Å². The molecule has 0 amide bonds. The molecule has 0 bridgehead atoms. The second-order valence-electron chi connectivity index (χ2n) is 5.00. The van der Waals surface area contributed by atoms with Gasteiger partial charge >= 0.3 is 0 Å². The molecule has 0 atom stereocenters. The number of piperidine rings is 1. The lowest BCUT2D eigenvalue weighted by molar-refractivity contribution is 0.263. The van der Waals surface area contributed by atoms with Crippen LogP contribution in [0, 0.1) is 0 Å². The number of hydrogen-bond donors (Lipinski definition) is 1. The molecule has 3 rings (SSSR count). The first kappa shape index (κ1) is 11.4. The van der Waals surface area contributed by atoms with Crippen LogP contribution in [0.4, 0.5) is 5.82 Å². The zero-order valence-corrected chi connectivity index (χ0v) is 10.6. The van der Waals surface area contributed by atoms with Gasteiger partial charge in [0.1, 0.15) is 0 Å². The molecule has 2 heterocycles. The van der Waals surface area contributed by atoms with E-state index in [1.165, 1.54) is 12.8 Å². The van der Waals surface area contributed by atoms with Crippen molar-refractivity contribution in [3.8, 4) is 0 Å². The topological polar surface area (TPSA) is 41.0 Å². The van der Waals surface area contributed by atoms with E-state index in [0.29, 0.717) is 6.04 Å². The van der Waals surface area contributed by atoms with E-state index < -0.39 is 0 Å². The minimum absolute atomic E-state index is 0.515. The summed E-state index contributed by atoms with van der Waals surface area (Å²) >= 11 is 0. The molecule has 0 aliphatic carbocycles. The Kier molecular flexibility index (Phi) is 3.11. The van der Waals surface area contributed by atoms with Gasteiger partial charge in [0.15, 0.2) is 5.82 Å². The lowest BCUT2D eigenvalue weighted by Gasteiger charge is -2.29. The normalized spacial score (nSPS) is 18.1. The lowest BCUT2D eigenvalue weighted by Crippen LogP contribution is -2.36. The van der Waals surface area contributed by atoms with E-state index >= 15 is 0 Å². The summed E-state index contributed by atoms with van der Waals surface area (Å²) < 4.78 is 0. The molecular weight excluding hydrogens is 224 g/mol. The molecule has 18 heavy (non-hydrogen) atoms. The number of hydrogen-bond acceptors (Lipinski definition) is 4. The van der Waals surface area contributed by atoms with Crippen molar-refractivity contribution < 1.29 is 0 Å². The van der Waals surface area contributed by atoms with Gasteiger partial charge in [0, 0.05) is 16.8 Å². The summed E-state index contributed by atoms with van der Waals surface area (Å²) in [6.07, 6.45) is 4.15. The molecule has 4 nitrogen and oxygen atoms in total. The van der Waals surface area contributed by atoms with E-state index in [4.69, 9.17) is 0 Å². The first-order valence-electron chi connectivity index (χ1n) is 6.48. The molecule has 2 aromatic rings. The summed E-state index contributed by atoms with van der Waals surface area (Å²) in [7, 11) is 2.17. The van der Waals surface area contributed by atoms with Gasteiger partial charge in [-0.3, -0.25) is 0 Å². The van der Waals surface area contributed by atoms with Gasteiger partial charge in [0.25, 0.3) is 0 Å². The maximum Gasteiger partial charge on any atom is 0.156 e. The zero-order chi connectivity index (χ0) is 12.4. The van der Waals surface area contributed by atoms with Crippen molar-refractivity contribution in [1.29, 1.82) is 0 Å². The molecule has 1 saturated heterocycles. The van der Waals surface area contributed by atoms with Crippen molar-refractivity contribution >= 4 is 16.6 Å². The Morgan fingerprint density at radius 2 is 2.00 bits per heavy atom. The van der Waals surface area contributed by atoms with Gasteiger partial charge in [-0.15, -0.1) is 5.10 Å². The molecule has 1 aliphatic heterocycles. The average Bonchev–Trinajstić information content (AvgIpc) is 2.42. The Bertz CT molecular complexity index is 527. The van der Waals surface area contributed by atoms with Crippen LogP contribution < -0.4 is 5.32 Å². The predicted octanol–water partition coefficient (Wildman–Crippen LogP) is 2.14. The molecule has 1 aromatic carbocycles. The van der Waals surface area contributed by atoms with Crippen molar-refractivity contribution in [3.05, 3.63) is 30.5 Å². The summed E-state index contributed by atoms with van der Waals surface area (Å²) in [6.45, 7) is 2.30. The van der Waals surface area contributed by atoms with Crippen LogP contribution in [-0.4, -0.2) is 41.3 Å². The lowest BCUT2D eigenvalue weighted by atomic mass is 10.1. The predicted molar refractivity (Wildman–Crippen MR) is 73.7 cm³/mol. The summed E-state index contributed by atoms with van der Waals surface area (Å²) in [5.41, 5.74) is 0. The molecule has 0 unspecified atom stereocenters. The number of nitrogens with zero attached hydrogens (tertiary/aromatic N) is 3. The number of nitrogens with one attached hydrogen (secondary N) is 1. The average molecular weight is 242 g/mol. The third-order valence-corrected chi connectivity index (χ3v) is 3.63. The van der Waals surface area contributed by atoms with E-state index in [1.807, 2.05) is 18.3 Å². The van der Waals surface area contributed by atoms with Crippen molar-refractivity contribution in [3.63, 3.8) is 0 Å². The third-order valence-electron chi connectivity index (χ3n) is 3.63. The molecule has 0 saturated carbocycles. The number of aromatic nitrogens is 2. The monoisotopic (exact) mass is 242 g/mol. The van der Waals surface area contributed by atoms with Crippen molar-refractivity contribution in [2.45, 2.75) is 18.9 Å². The highest BCUT2D eigenvalue weighted by Gasteiger charge is 2.17. The molecule has 94 valence electrons. The minimum atomic E-state index is 0.515. The van der Waals surface area contributed by atoms with Crippen LogP contribution in [0.5, 0.6) is 0 Å². The third kappa shape index (κ3) is 2.29. The number of rotatable bonds is 2. The zero-order valence-electron chi connectivity index (χ0n) is 10.6. The quantitative estimate of drug-likeness (QED) is 0.876. The SMILES string of the molecule is CN1CCC(Nc2nncc3ccccc23)CC1. The van der Waals surface area contributed by atoms with Crippen LogP contribution in [0.15, 0.2) is 30.5 Å². The number of fused-ring (bicyclic) bond motifs is 1. The second kappa shape index (κ2) is 4.90. The highest BCUT2D eigenvalue weighted by atomic mass is 15.2. The number of likely N-dealkylation sites (tertiary alicyclic amines) is 1. The summed E-state index contributed by atoms with van der Waals surface area (Å²) in [5.74, 6) is 0.919. The number of anilines is 1. The summed E-state index contributed by atoms with van der Waals surface area (Å²) in [4.78, 5) is 2.37. The van der Waals surface area contributed by atoms with Gasteiger partial charge in [-0.05, 0) is 33.0 Å². The van der Waals surface area contributed by atoms with Gasteiger partial charge in [-0.25, -0.2) is 0 Å². The Labute approximate surface area is 107 Å². The molecule has 0 radical (unpaired) electrons. The smallest absolute Gasteiger partial charge is 0.156 e. The van der Waals surface area contributed by atoms with Crippen molar-refractivity contribution in [1.82, 2.24) is 15.1 Å². The van der Waals surface area contributed by atoms with E-state index in [-0.39, 0.29) is 0 Å². The Morgan fingerprint density at radius 1 is 1.22 bits per heavy atom. The molecule has 1 aromatic heterocycles. The molecule has 4 heteroatoms. The largest absolute Gasteiger partial charge is 0.365 e. The highest BCUT2D eigenvalue weighted by molar-refractivity contribution is 5.90. The van der Waals surface area contributed by atoms with Crippen molar-refractivity contribution in [2.75, 3.05) is 25.5 Å². The fourth-order valence-electron chi connectivity index (χ4n) is 2.48.